The van der Waals surface area contributed by atoms with Crippen molar-refractivity contribution >= 4 is 40.6 Å². The number of nitrogens with one attached hydrogen (secondary N) is 1. The molecule has 1 fully saturated rings. The lowest BCUT2D eigenvalue weighted by atomic mass is 10.1. The van der Waals surface area contributed by atoms with Crippen LogP contribution in [0.5, 0.6) is 5.75 Å². The fourth-order valence-corrected chi connectivity index (χ4v) is 3.62. The third-order valence-corrected chi connectivity index (χ3v) is 5.36. The summed E-state index contributed by atoms with van der Waals surface area (Å²) >= 11 is 0.831. The number of nitrogens with zero attached hydrogens (tertiary/aromatic N) is 1. The zero-order valence-corrected chi connectivity index (χ0v) is 17.3. The Morgan fingerprint density at radius 1 is 1.10 bits per heavy atom. The molecule has 0 spiro atoms. The molecular formula is C22H22N2O4S. The number of carbonyl (C=O) groups is 3. The van der Waals surface area contributed by atoms with Crippen molar-refractivity contribution in [1.29, 1.82) is 0 Å². The van der Waals surface area contributed by atoms with Crippen molar-refractivity contribution in [3.05, 3.63) is 64.1 Å². The summed E-state index contributed by atoms with van der Waals surface area (Å²) < 4.78 is 5.39. The summed E-state index contributed by atoms with van der Waals surface area (Å²) in [5, 5.41) is 2.28. The highest BCUT2D eigenvalue weighted by Crippen LogP contribution is 2.32. The van der Waals surface area contributed by atoms with Crippen LogP contribution in [0.1, 0.15) is 23.6 Å². The van der Waals surface area contributed by atoms with Crippen LogP contribution in [-0.2, 0) is 9.59 Å². The molecule has 150 valence electrons. The molecule has 1 saturated heterocycles. The van der Waals surface area contributed by atoms with E-state index >= 15 is 0 Å². The summed E-state index contributed by atoms with van der Waals surface area (Å²) in [5.74, 6) is -0.150. The van der Waals surface area contributed by atoms with Crippen molar-refractivity contribution in [3.8, 4) is 5.75 Å². The molecule has 1 heterocycles. The van der Waals surface area contributed by atoms with Gasteiger partial charge in [-0.05, 0) is 79.6 Å². The maximum Gasteiger partial charge on any atom is 0.294 e. The largest absolute Gasteiger partial charge is 0.494 e. The van der Waals surface area contributed by atoms with Crippen molar-refractivity contribution < 1.29 is 19.1 Å². The molecule has 0 atom stereocenters. The lowest BCUT2D eigenvalue weighted by Crippen LogP contribution is -2.36. The van der Waals surface area contributed by atoms with Gasteiger partial charge in [0.25, 0.3) is 11.1 Å². The van der Waals surface area contributed by atoms with E-state index < -0.39 is 17.1 Å². The number of hydrogen-bond donors (Lipinski definition) is 1. The second-order valence-electron chi connectivity index (χ2n) is 6.62. The third kappa shape index (κ3) is 5.06. The fourth-order valence-electron chi connectivity index (χ4n) is 2.78. The van der Waals surface area contributed by atoms with Gasteiger partial charge in [-0.1, -0.05) is 18.2 Å². The van der Waals surface area contributed by atoms with Crippen molar-refractivity contribution in [1.82, 2.24) is 4.90 Å². The minimum atomic E-state index is -0.468. The van der Waals surface area contributed by atoms with Crippen LogP contribution in [0, 0.1) is 13.8 Å². The summed E-state index contributed by atoms with van der Waals surface area (Å²) in [4.78, 5) is 38.4. The molecule has 0 unspecified atom stereocenters. The van der Waals surface area contributed by atoms with E-state index in [1.807, 2.05) is 45.0 Å². The smallest absolute Gasteiger partial charge is 0.294 e. The van der Waals surface area contributed by atoms with Crippen LogP contribution in [0.3, 0.4) is 0 Å². The predicted octanol–water partition coefficient (Wildman–Crippen LogP) is 4.38. The Morgan fingerprint density at radius 2 is 1.83 bits per heavy atom. The van der Waals surface area contributed by atoms with Crippen LogP contribution in [0.25, 0.3) is 6.08 Å². The van der Waals surface area contributed by atoms with Gasteiger partial charge in [0.2, 0.25) is 5.91 Å². The average Bonchev–Trinajstić information content (AvgIpc) is 2.94. The molecule has 0 bridgehead atoms. The molecule has 0 aliphatic carbocycles. The highest BCUT2D eigenvalue weighted by molar-refractivity contribution is 8.18. The molecule has 1 N–H and O–H groups in total. The third-order valence-electron chi connectivity index (χ3n) is 4.45. The molecule has 1 aliphatic heterocycles. The van der Waals surface area contributed by atoms with Crippen molar-refractivity contribution in [3.63, 3.8) is 0 Å². The lowest BCUT2D eigenvalue weighted by Gasteiger charge is -2.13. The van der Waals surface area contributed by atoms with Gasteiger partial charge >= 0.3 is 0 Å². The SMILES string of the molecule is CCOc1ccc(/C=C2/SC(=O)N(CC(=O)Nc3ccc(C)c(C)c3)C2=O)cc1. The maximum atomic E-state index is 12.6. The van der Waals surface area contributed by atoms with Crippen molar-refractivity contribution in [2.75, 3.05) is 18.5 Å². The van der Waals surface area contributed by atoms with Crippen LogP contribution >= 0.6 is 11.8 Å². The van der Waals surface area contributed by atoms with Gasteiger partial charge in [-0.15, -0.1) is 0 Å². The van der Waals surface area contributed by atoms with E-state index in [0.717, 1.165) is 39.1 Å². The monoisotopic (exact) mass is 410 g/mol. The normalized spacial score (nSPS) is 15.1. The van der Waals surface area contributed by atoms with Gasteiger partial charge in [0.15, 0.2) is 0 Å². The summed E-state index contributed by atoms with van der Waals surface area (Å²) in [7, 11) is 0. The molecule has 0 aromatic heterocycles. The molecule has 3 amide bonds. The number of amides is 3. The van der Waals surface area contributed by atoms with E-state index in [-0.39, 0.29) is 11.4 Å². The molecule has 3 rings (SSSR count). The number of imide groups is 1. The molecule has 7 heteroatoms. The number of aryl methyl sites for hydroxylation is 2. The predicted molar refractivity (Wildman–Crippen MR) is 115 cm³/mol. The fraction of sp³-hybridized carbons (Fsp3) is 0.227. The van der Waals surface area contributed by atoms with Gasteiger partial charge in [-0.3, -0.25) is 19.3 Å². The highest BCUT2D eigenvalue weighted by Gasteiger charge is 2.36. The summed E-state index contributed by atoms with van der Waals surface area (Å²) in [6.45, 7) is 6.09. The van der Waals surface area contributed by atoms with Gasteiger partial charge in [-0.25, -0.2) is 0 Å². The van der Waals surface area contributed by atoms with Gasteiger partial charge in [0.05, 0.1) is 11.5 Å². The number of rotatable bonds is 6. The van der Waals surface area contributed by atoms with Gasteiger partial charge in [0.1, 0.15) is 12.3 Å². The first kappa shape index (κ1) is 20.7. The number of benzene rings is 2. The first-order valence-corrected chi connectivity index (χ1v) is 10.0. The minimum absolute atomic E-state index is 0.290. The van der Waals surface area contributed by atoms with Gasteiger partial charge < -0.3 is 10.1 Å². The second kappa shape index (κ2) is 8.96. The summed E-state index contributed by atoms with van der Waals surface area (Å²) in [5.41, 5.74) is 3.58. The van der Waals surface area contributed by atoms with Crippen molar-refractivity contribution in [2.24, 2.45) is 0 Å². The average molecular weight is 410 g/mol. The number of hydrogen-bond acceptors (Lipinski definition) is 5. The molecule has 6 nitrogen and oxygen atoms in total. The molecule has 0 radical (unpaired) electrons. The van der Waals surface area contributed by atoms with E-state index in [9.17, 15) is 14.4 Å². The maximum absolute atomic E-state index is 12.6. The molecule has 2 aromatic rings. The number of ether oxygens (including phenoxy) is 1. The first-order valence-electron chi connectivity index (χ1n) is 9.22. The van der Waals surface area contributed by atoms with E-state index in [1.165, 1.54) is 0 Å². The Bertz CT molecular complexity index is 983. The zero-order valence-electron chi connectivity index (χ0n) is 16.5. The number of thioether (sulfide) groups is 1. The van der Waals surface area contributed by atoms with E-state index in [2.05, 4.69) is 5.32 Å². The van der Waals surface area contributed by atoms with Crippen LogP contribution in [-0.4, -0.2) is 35.1 Å². The lowest BCUT2D eigenvalue weighted by molar-refractivity contribution is -0.127. The zero-order chi connectivity index (χ0) is 21.0. The standard InChI is InChI=1S/C22H22N2O4S/c1-4-28-18-9-6-16(7-10-18)12-19-21(26)24(22(27)29-19)13-20(25)23-17-8-5-14(2)15(3)11-17/h5-12H,4,13H2,1-3H3,(H,23,25)/b19-12+. The van der Waals surface area contributed by atoms with E-state index in [1.54, 1.807) is 24.3 Å². The van der Waals surface area contributed by atoms with Crippen LogP contribution in [0.4, 0.5) is 10.5 Å². The van der Waals surface area contributed by atoms with Gasteiger partial charge in [-0.2, -0.15) is 0 Å². The Labute approximate surface area is 173 Å². The summed E-state index contributed by atoms with van der Waals surface area (Å²) in [6.07, 6.45) is 1.64. The minimum Gasteiger partial charge on any atom is -0.494 e. The Morgan fingerprint density at radius 3 is 2.48 bits per heavy atom. The Hall–Kier alpha value is -3.06. The molecule has 2 aromatic carbocycles. The van der Waals surface area contributed by atoms with Crippen LogP contribution in [0.15, 0.2) is 47.4 Å². The quantitative estimate of drug-likeness (QED) is 0.716. The van der Waals surface area contributed by atoms with Crippen LogP contribution < -0.4 is 10.1 Å². The van der Waals surface area contributed by atoms with Gasteiger partial charge in [0, 0.05) is 5.69 Å². The van der Waals surface area contributed by atoms with E-state index in [0.29, 0.717) is 12.3 Å². The molecular weight excluding hydrogens is 388 g/mol. The van der Waals surface area contributed by atoms with E-state index in [4.69, 9.17) is 4.74 Å². The first-order chi connectivity index (χ1) is 13.9. The highest BCUT2D eigenvalue weighted by atomic mass is 32.2. The number of anilines is 1. The number of carbonyl (C=O) groups excluding carboxylic acids is 3. The molecule has 0 saturated carbocycles. The molecule has 1 aliphatic rings. The summed E-state index contributed by atoms with van der Waals surface area (Å²) in [6, 6.07) is 12.8. The Kier molecular flexibility index (Phi) is 6.39. The van der Waals surface area contributed by atoms with Crippen LogP contribution in [0.2, 0.25) is 0 Å². The Balaban J connectivity index is 1.66. The van der Waals surface area contributed by atoms with Crippen molar-refractivity contribution in [2.45, 2.75) is 20.8 Å². The topological polar surface area (TPSA) is 75.7 Å². The second-order valence-corrected chi connectivity index (χ2v) is 7.61. The molecule has 29 heavy (non-hydrogen) atoms.